The van der Waals surface area contributed by atoms with Gasteiger partial charge < -0.3 is 21.1 Å². The highest BCUT2D eigenvalue weighted by atomic mass is 32.2. The monoisotopic (exact) mass is 342 g/mol. The highest BCUT2D eigenvalue weighted by Crippen LogP contribution is 2.28. The van der Waals surface area contributed by atoms with Crippen LogP contribution in [0.5, 0.6) is 0 Å². The van der Waals surface area contributed by atoms with E-state index in [1.165, 1.54) is 0 Å². The predicted octanol–water partition coefficient (Wildman–Crippen LogP) is 2.79. The zero-order valence-corrected chi connectivity index (χ0v) is 16.1. The van der Waals surface area contributed by atoms with Gasteiger partial charge in [-0.05, 0) is 23.9 Å². The summed E-state index contributed by atoms with van der Waals surface area (Å²) in [5, 5.41) is 0.264. The van der Waals surface area contributed by atoms with Gasteiger partial charge in [-0.1, -0.05) is 39.3 Å². The largest absolute Gasteiger partial charge is 0.497 e. The molecule has 6 heteroatoms. The number of ether oxygens (including phenoxy) is 1. The van der Waals surface area contributed by atoms with E-state index in [0.717, 1.165) is 24.8 Å². The summed E-state index contributed by atoms with van der Waals surface area (Å²) < 4.78 is 9.79. The van der Waals surface area contributed by atoms with Gasteiger partial charge in [0.1, 0.15) is 5.76 Å². The molecular formula is C17H34N4OS. The third kappa shape index (κ3) is 9.03. The van der Waals surface area contributed by atoms with E-state index in [1.807, 2.05) is 25.3 Å². The van der Waals surface area contributed by atoms with Gasteiger partial charge in [0.2, 0.25) is 0 Å². The number of methoxy groups -OCH3 is 1. The fraction of sp³-hybridized carbons (Fsp3) is 0.706. The summed E-state index contributed by atoms with van der Waals surface area (Å²) in [6.07, 6.45) is 7.37. The number of hydrogen-bond acceptors (Lipinski definition) is 5. The molecule has 3 atom stereocenters. The molecule has 0 spiro atoms. The van der Waals surface area contributed by atoms with Gasteiger partial charge in [-0.3, -0.25) is 0 Å². The lowest BCUT2D eigenvalue weighted by atomic mass is 9.91. The van der Waals surface area contributed by atoms with Crippen molar-refractivity contribution < 1.29 is 4.74 Å². The first-order valence-corrected chi connectivity index (χ1v) is 8.97. The quantitative estimate of drug-likeness (QED) is 0.187. The Morgan fingerprint density at radius 2 is 2.09 bits per heavy atom. The summed E-state index contributed by atoms with van der Waals surface area (Å²) >= 11 is 1.57. The van der Waals surface area contributed by atoms with Crippen LogP contribution in [-0.2, 0) is 4.74 Å². The van der Waals surface area contributed by atoms with Crippen molar-refractivity contribution in [2.24, 2.45) is 21.8 Å². The molecule has 0 fully saturated rings. The van der Waals surface area contributed by atoms with Crippen LogP contribution < -0.4 is 11.5 Å². The molecule has 0 bridgehead atoms. The van der Waals surface area contributed by atoms with Gasteiger partial charge in [0.25, 0.3) is 0 Å². The molecule has 0 aromatic carbocycles. The summed E-state index contributed by atoms with van der Waals surface area (Å²) in [6.45, 7) is 8.70. The maximum absolute atomic E-state index is 6.12. The Labute approximate surface area is 146 Å². The number of rotatable bonds is 12. The van der Waals surface area contributed by atoms with E-state index in [2.05, 4.69) is 30.9 Å². The third-order valence-corrected chi connectivity index (χ3v) is 4.51. The summed E-state index contributed by atoms with van der Waals surface area (Å²) in [7, 11) is 5.55. The summed E-state index contributed by atoms with van der Waals surface area (Å²) in [6, 6.07) is -0.116. The molecule has 0 rings (SSSR count). The Kier molecular flexibility index (Phi) is 11.9. The molecular weight excluding hydrogens is 308 g/mol. The minimum Gasteiger partial charge on any atom is -0.497 e. The molecule has 0 aliphatic rings. The second-order valence-corrected chi connectivity index (χ2v) is 6.94. The van der Waals surface area contributed by atoms with Crippen LogP contribution >= 0.6 is 11.9 Å². The molecule has 2 unspecified atom stereocenters. The van der Waals surface area contributed by atoms with E-state index in [0.29, 0.717) is 12.3 Å². The van der Waals surface area contributed by atoms with Crippen LogP contribution in [0.1, 0.15) is 33.1 Å². The van der Waals surface area contributed by atoms with Gasteiger partial charge in [-0.2, -0.15) is 0 Å². The molecule has 0 aliphatic carbocycles. The standard InChI is InChI=1S/C17H34N4OS/c1-7-8-9-15(23-20-12-21(4)5)10-16(14(3)22-6)13(2)17(19)11-18/h10,12-13,15,17H,3,7-9,11,18-19H2,1-2,4-6H3/b16-10+,20-12+/t13-,15?,17?/m1/s1. The maximum Gasteiger partial charge on any atom is 0.114 e. The number of hydrogen-bond donors (Lipinski definition) is 2. The molecule has 0 heterocycles. The Morgan fingerprint density at radius 1 is 1.43 bits per heavy atom. The number of nitrogens with two attached hydrogens (primary N) is 2. The number of nitrogens with zero attached hydrogens (tertiary/aromatic N) is 2. The average molecular weight is 343 g/mol. The predicted molar refractivity (Wildman–Crippen MR) is 104 cm³/mol. The van der Waals surface area contributed by atoms with Crippen LogP contribution in [0.2, 0.25) is 0 Å². The van der Waals surface area contributed by atoms with E-state index < -0.39 is 0 Å². The van der Waals surface area contributed by atoms with E-state index in [9.17, 15) is 0 Å². The first-order chi connectivity index (χ1) is 10.9. The van der Waals surface area contributed by atoms with Gasteiger partial charge in [-0.15, -0.1) is 0 Å². The van der Waals surface area contributed by atoms with Crippen molar-refractivity contribution >= 4 is 18.3 Å². The Bertz CT molecular complexity index is 396. The molecule has 134 valence electrons. The van der Waals surface area contributed by atoms with E-state index in [1.54, 1.807) is 19.1 Å². The normalized spacial score (nSPS) is 16.2. The maximum atomic E-state index is 6.12. The van der Waals surface area contributed by atoms with Crippen molar-refractivity contribution in [2.75, 3.05) is 27.7 Å². The Hall–Kier alpha value is -0.980. The fourth-order valence-corrected chi connectivity index (χ4v) is 2.90. The van der Waals surface area contributed by atoms with Gasteiger partial charge >= 0.3 is 0 Å². The molecule has 0 amide bonds. The molecule has 4 N–H and O–H groups in total. The zero-order chi connectivity index (χ0) is 17.8. The van der Waals surface area contributed by atoms with Crippen molar-refractivity contribution in [2.45, 2.75) is 44.4 Å². The van der Waals surface area contributed by atoms with Crippen LogP contribution in [0, 0.1) is 5.92 Å². The van der Waals surface area contributed by atoms with Crippen LogP contribution in [0.4, 0.5) is 0 Å². The molecule has 0 aromatic rings. The highest BCUT2D eigenvalue weighted by molar-refractivity contribution is 7.98. The number of unbranched alkanes of at least 4 members (excludes halogenated alkanes) is 1. The minimum absolute atomic E-state index is 0.0926. The molecule has 5 nitrogen and oxygen atoms in total. The molecule has 23 heavy (non-hydrogen) atoms. The lowest BCUT2D eigenvalue weighted by Gasteiger charge is -2.24. The molecule has 0 radical (unpaired) electrons. The lowest BCUT2D eigenvalue weighted by Crippen LogP contribution is -2.37. The minimum atomic E-state index is -0.116. The summed E-state index contributed by atoms with van der Waals surface area (Å²) in [4.78, 5) is 1.93. The van der Waals surface area contributed by atoms with Crippen molar-refractivity contribution in [3.05, 3.63) is 24.0 Å². The SMILES string of the molecule is C=C(OC)/C(=C/C(CCCC)S/N=C/N(C)C)[C@@H](C)C(N)CN. The second kappa shape index (κ2) is 12.4. The van der Waals surface area contributed by atoms with Crippen LogP contribution in [0.25, 0.3) is 0 Å². The first kappa shape index (κ1) is 22.0. The van der Waals surface area contributed by atoms with Gasteiger partial charge in [0.05, 0.1) is 13.4 Å². The lowest BCUT2D eigenvalue weighted by molar-refractivity contribution is 0.291. The summed E-state index contributed by atoms with van der Waals surface area (Å²) in [5.41, 5.74) is 12.9. The van der Waals surface area contributed by atoms with E-state index in [4.69, 9.17) is 16.2 Å². The van der Waals surface area contributed by atoms with Gasteiger partial charge in [0, 0.05) is 37.8 Å². The first-order valence-electron chi connectivity index (χ1n) is 8.13. The molecule has 0 aromatic heterocycles. The van der Waals surface area contributed by atoms with Gasteiger partial charge in [0.15, 0.2) is 0 Å². The van der Waals surface area contributed by atoms with E-state index in [-0.39, 0.29) is 17.2 Å². The average Bonchev–Trinajstić information content (AvgIpc) is 2.54. The van der Waals surface area contributed by atoms with E-state index >= 15 is 0 Å². The smallest absolute Gasteiger partial charge is 0.114 e. The molecule has 0 aliphatic heterocycles. The summed E-state index contributed by atoms with van der Waals surface area (Å²) in [5.74, 6) is 0.745. The fourth-order valence-electron chi connectivity index (χ4n) is 2.02. The van der Waals surface area contributed by atoms with Crippen molar-refractivity contribution in [1.29, 1.82) is 0 Å². The second-order valence-electron chi connectivity index (χ2n) is 5.91. The van der Waals surface area contributed by atoms with Gasteiger partial charge in [-0.25, -0.2) is 4.40 Å². The third-order valence-electron chi connectivity index (χ3n) is 3.66. The van der Waals surface area contributed by atoms with Crippen molar-refractivity contribution in [1.82, 2.24) is 4.90 Å². The van der Waals surface area contributed by atoms with Crippen LogP contribution in [-0.4, -0.2) is 50.3 Å². The van der Waals surface area contributed by atoms with Crippen LogP contribution in [0.3, 0.4) is 0 Å². The molecule has 0 saturated carbocycles. The Balaban J connectivity index is 5.30. The highest BCUT2D eigenvalue weighted by Gasteiger charge is 2.21. The number of allylic oxidation sites excluding steroid dienone is 1. The molecule has 0 saturated heterocycles. The zero-order valence-electron chi connectivity index (χ0n) is 15.3. The Morgan fingerprint density at radius 3 is 2.57 bits per heavy atom. The topological polar surface area (TPSA) is 76.9 Å². The van der Waals surface area contributed by atoms with Crippen LogP contribution in [0.15, 0.2) is 28.4 Å². The van der Waals surface area contributed by atoms with Crippen molar-refractivity contribution in [3.8, 4) is 0 Å². The van der Waals surface area contributed by atoms with Crippen molar-refractivity contribution in [3.63, 3.8) is 0 Å².